The molecule has 5 heteroatoms. The third-order valence-electron chi connectivity index (χ3n) is 1.51. The topological polar surface area (TPSA) is 51.6 Å². The Morgan fingerprint density at radius 1 is 1.00 bits per heavy atom. The summed E-state index contributed by atoms with van der Waals surface area (Å²) in [5.74, 6) is 0. The summed E-state index contributed by atoms with van der Waals surface area (Å²) < 4.78 is 5.17. The van der Waals surface area contributed by atoms with Crippen LogP contribution in [0.4, 0.5) is 0 Å². The average molecular weight is 213 g/mol. The van der Waals surface area contributed by atoms with Crippen molar-refractivity contribution in [3.05, 3.63) is 11.4 Å². The van der Waals surface area contributed by atoms with Gasteiger partial charge in [0.1, 0.15) is 0 Å². The number of aryl methyl sites for hydroxylation is 2. The van der Waals surface area contributed by atoms with E-state index in [9.17, 15) is 0 Å². The quantitative estimate of drug-likeness (QED) is 0.582. The summed E-state index contributed by atoms with van der Waals surface area (Å²) in [4.78, 5) is 0. The molecule has 0 aliphatic carbocycles. The van der Waals surface area contributed by atoms with E-state index in [1.807, 2.05) is 13.8 Å². The molecule has 56 valence electrons. The molecule has 0 aliphatic rings. The maximum atomic E-state index is 4.01. The van der Waals surface area contributed by atoms with Crippen molar-refractivity contribution in [2.24, 2.45) is 0 Å². The molecule has 4 nitrogen and oxygen atoms in total. The summed E-state index contributed by atoms with van der Waals surface area (Å²) >= 11 is 0.139. The first-order valence-electron chi connectivity index (χ1n) is 3.21. The van der Waals surface area contributed by atoms with E-state index in [-0.39, 0.29) is 14.7 Å². The zero-order valence-corrected chi connectivity index (χ0v) is 7.91. The Balaban J connectivity index is 2.96. The Kier molecular flexibility index (Phi) is 1.47. The van der Waals surface area contributed by atoms with Crippen LogP contribution in [-0.4, -0.2) is 34.1 Å². The predicted octanol–water partition coefficient (Wildman–Crippen LogP) is 0.0936. The molecule has 0 N–H and O–H groups in total. The fourth-order valence-corrected chi connectivity index (χ4v) is 2.28. The van der Waals surface area contributed by atoms with Gasteiger partial charge in [-0.05, 0) is 0 Å². The molecule has 0 radical (unpaired) electrons. The summed E-state index contributed by atoms with van der Waals surface area (Å²) in [7, 11) is 0. The first kappa shape index (κ1) is 6.88. The molecule has 2 aromatic heterocycles. The van der Waals surface area contributed by atoms with Gasteiger partial charge >= 0.3 is 69.1 Å². The van der Waals surface area contributed by atoms with Crippen LogP contribution >= 0.6 is 0 Å². The molecule has 2 aromatic rings. The van der Waals surface area contributed by atoms with Crippen LogP contribution in [0.25, 0.3) is 9.78 Å². The summed E-state index contributed by atoms with van der Waals surface area (Å²) in [5, 5.41) is 12.0. The predicted molar refractivity (Wildman–Crippen MR) is 41.5 cm³/mol. The van der Waals surface area contributed by atoms with Crippen molar-refractivity contribution in [3.8, 4) is 0 Å². The maximum absolute atomic E-state index is 4.01. The van der Waals surface area contributed by atoms with Gasteiger partial charge in [0.05, 0.1) is 0 Å². The number of nitrogens with zero attached hydrogens (tertiary/aromatic N) is 4. The minimum absolute atomic E-state index is 0.139. The Morgan fingerprint density at radius 2 is 1.73 bits per heavy atom. The second-order valence-corrected chi connectivity index (χ2v) is 3.90. The third-order valence-corrected chi connectivity index (χ3v) is 3.26. The van der Waals surface area contributed by atoms with Crippen LogP contribution in [0, 0.1) is 13.8 Å². The van der Waals surface area contributed by atoms with E-state index >= 15 is 0 Å². The minimum atomic E-state index is 0.139. The summed E-state index contributed by atoms with van der Waals surface area (Å²) in [6, 6.07) is 0. The van der Waals surface area contributed by atoms with E-state index in [0.717, 1.165) is 16.9 Å². The van der Waals surface area contributed by atoms with Gasteiger partial charge in [-0.25, -0.2) is 0 Å². The molecule has 0 fully saturated rings. The zero-order valence-electron chi connectivity index (χ0n) is 6.20. The van der Waals surface area contributed by atoms with Gasteiger partial charge < -0.3 is 0 Å². The van der Waals surface area contributed by atoms with Crippen LogP contribution in [-0.2, 0) is 0 Å². The summed E-state index contributed by atoms with van der Waals surface area (Å²) in [6.45, 7) is 3.86. The summed E-state index contributed by atoms with van der Waals surface area (Å²) in [6.07, 6.45) is 0. The first-order valence-corrected chi connectivity index (χ1v) is 4.83. The monoisotopic (exact) mass is 214 g/mol. The molecule has 0 aliphatic heterocycles. The Hall–Kier alpha value is -0.801. The fraction of sp³-hybridized carbons (Fsp3) is 0.333. The van der Waals surface area contributed by atoms with Crippen molar-refractivity contribution >= 4 is 24.5 Å². The van der Waals surface area contributed by atoms with Crippen LogP contribution in [0.5, 0.6) is 0 Å². The van der Waals surface area contributed by atoms with Crippen molar-refractivity contribution in [3.63, 3.8) is 0 Å². The van der Waals surface area contributed by atoms with Gasteiger partial charge in [0.25, 0.3) is 0 Å². The number of aromatic nitrogens is 4. The SMILES string of the molecule is Cc1nnc(C)c2[se]nnc12. The molecule has 11 heavy (non-hydrogen) atoms. The molecule has 2 heterocycles. The van der Waals surface area contributed by atoms with E-state index < -0.39 is 0 Å². The molecule has 0 saturated heterocycles. The molecular formula is C6H6N4Se. The molecule has 0 bridgehead atoms. The van der Waals surface area contributed by atoms with Gasteiger partial charge in [0.2, 0.25) is 0 Å². The molecule has 0 unspecified atom stereocenters. The fourth-order valence-electron chi connectivity index (χ4n) is 0.908. The van der Waals surface area contributed by atoms with Crippen LogP contribution in [0.2, 0.25) is 0 Å². The van der Waals surface area contributed by atoms with Crippen LogP contribution < -0.4 is 0 Å². The van der Waals surface area contributed by atoms with Crippen molar-refractivity contribution < 1.29 is 0 Å². The van der Waals surface area contributed by atoms with Gasteiger partial charge in [0, 0.05) is 0 Å². The number of fused-ring (bicyclic) bond motifs is 1. The standard InChI is InChI=1S/C6H6N4Se/c1-3-5-6(11-10-9-5)4(2)8-7-3/h1-2H3. The third kappa shape index (κ3) is 0.968. The van der Waals surface area contributed by atoms with Crippen LogP contribution in [0.3, 0.4) is 0 Å². The van der Waals surface area contributed by atoms with Gasteiger partial charge in [0.15, 0.2) is 0 Å². The van der Waals surface area contributed by atoms with Gasteiger partial charge in [-0.3, -0.25) is 0 Å². The van der Waals surface area contributed by atoms with Crippen LogP contribution in [0.1, 0.15) is 11.4 Å². The van der Waals surface area contributed by atoms with Crippen molar-refractivity contribution in [1.29, 1.82) is 0 Å². The molecular weight excluding hydrogens is 207 g/mol. The van der Waals surface area contributed by atoms with Crippen molar-refractivity contribution in [2.75, 3.05) is 0 Å². The van der Waals surface area contributed by atoms with Crippen molar-refractivity contribution in [1.82, 2.24) is 19.4 Å². The Morgan fingerprint density at radius 3 is 2.45 bits per heavy atom. The normalized spacial score (nSPS) is 10.7. The molecule has 0 aromatic carbocycles. The van der Waals surface area contributed by atoms with E-state index in [0.29, 0.717) is 0 Å². The van der Waals surface area contributed by atoms with E-state index in [4.69, 9.17) is 0 Å². The number of hydrogen-bond donors (Lipinski definition) is 0. The molecule has 2 rings (SSSR count). The van der Waals surface area contributed by atoms with Gasteiger partial charge in [-0.2, -0.15) is 0 Å². The average Bonchev–Trinajstić information content (AvgIpc) is 2.45. The molecule has 0 saturated carbocycles. The molecule has 0 amide bonds. The molecule has 0 atom stereocenters. The zero-order chi connectivity index (χ0) is 7.84. The van der Waals surface area contributed by atoms with Crippen molar-refractivity contribution in [2.45, 2.75) is 13.8 Å². The van der Waals surface area contributed by atoms with E-state index in [2.05, 4.69) is 19.4 Å². The number of hydrogen-bond acceptors (Lipinski definition) is 4. The summed E-state index contributed by atoms with van der Waals surface area (Å²) in [5.41, 5.74) is 2.79. The second-order valence-electron chi connectivity index (χ2n) is 2.32. The van der Waals surface area contributed by atoms with Crippen LogP contribution in [0.15, 0.2) is 0 Å². The molecule has 0 spiro atoms. The van der Waals surface area contributed by atoms with Gasteiger partial charge in [-0.1, -0.05) is 0 Å². The first-order chi connectivity index (χ1) is 5.29. The Labute approximate surface area is 69.6 Å². The Bertz CT molecular complexity index is 358. The van der Waals surface area contributed by atoms with E-state index in [1.165, 1.54) is 4.26 Å². The van der Waals surface area contributed by atoms with Gasteiger partial charge in [-0.15, -0.1) is 0 Å². The second kappa shape index (κ2) is 2.36. The number of rotatable bonds is 0. The van der Waals surface area contributed by atoms with E-state index in [1.54, 1.807) is 0 Å².